The molecule has 1 aliphatic heterocycles. The number of carbonyl (C=O) groups excluding carboxylic acids is 3. The number of aromatic amines is 1. The first-order valence-corrected chi connectivity index (χ1v) is 11.1. The molecule has 1 aliphatic rings. The number of nitrogens with one attached hydrogen (secondary N) is 3. The van der Waals surface area contributed by atoms with Crippen LogP contribution in [0.4, 0.5) is 0 Å². The fourth-order valence-electron chi connectivity index (χ4n) is 3.86. The summed E-state index contributed by atoms with van der Waals surface area (Å²) >= 11 is 0. The number of likely N-dealkylation sites (tertiary alicyclic amines) is 1. The van der Waals surface area contributed by atoms with Gasteiger partial charge in [-0.05, 0) is 25.2 Å². The van der Waals surface area contributed by atoms with Gasteiger partial charge in [-0.15, -0.1) is 0 Å². The Balaban J connectivity index is 2.17. The number of H-pyrrole nitrogens is 1. The number of hydrogen-bond acceptors (Lipinski definition) is 7. The third-order valence-corrected chi connectivity index (χ3v) is 5.49. The molecule has 1 saturated heterocycles. The fraction of sp³-hybridized carbons (Fsp3) is 0.619. The number of aliphatic carboxylic acids is 2. The molecule has 1 aromatic rings. The molecule has 0 aromatic carbocycles. The van der Waals surface area contributed by atoms with Crippen LogP contribution in [-0.4, -0.2) is 85.5 Å². The van der Waals surface area contributed by atoms with Crippen molar-refractivity contribution in [3.63, 3.8) is 0 Å². The summed E-state index contributed by atoms with van der Waals surface area (Å²) in [4.78, 5) is 69.1. The third-order valence-electron chi connectivity index (χ3n) is 5.49. The maximum Gasteiger partial charge on any atom is 0.326 e. The molecule has 0 bridgehead atoms. The maximum absolute atomic E-state index is 13.4. The van der Waals surface area contributed by atoms with E-state index in [1.165, 1.54) is 17.4 Å². The van der Waals surface area contributed by atoms with Gasteiger partial charge in [0.2, 0.25) is 17.7 Å². The number of rotatable bonds is 12. The average molecular weight is 481 g/mol. The first kappa shape index (κ1) is 26.8. The molecule has 0 saturated carbocycles. The number of hydrogen-bond donors (Lipinski definition) is 6. The molecule has 13 heteroatoms. The van der Waals surface area contributed by atoms with Crippen LogP contribution in [0.1, 0.15) is 45.2 Å². The molecule has 4 unspecified atom stereocenters. The summed E-state index contributed by atoms with van der Waals surface area (Å²) in [5.74, 6) is -4.49. The zero-order valence-corrected chi connectivity index (χ0v) is 19.2. The van der Waals surface area contributed by atoms with Crippen molar-refractivity contribution in [2.45, 2.75) is 70.1 Å². The lowest BCUT2D eigenvalue weighted by atomic mass is 10.0. The average Bonchev–Trinajstić information content (AvgIpc) is 3.43. The summed E-state index contributed by atoms with van der Waals surface area (Å²) in [7, 11) is 0. The van der Waals surface area contributed by atoms with E-state index in [4.69, 9.17) is 10.8 Å². The third kappa shape index (κ3) is 7.54. The van der Waals surface area contributed by atoms with E-state index in [2.05, 4.69) is 20.6 Å². The van der Waals surface area contributed by atoms with Gasteiger partial charge in [0.15, 0.2) is 0 Å². The highest BCUT2D eigenvalue weighted by atomic mass is 16.4. The van der Waals surface area contributed by atoms with Crippen molar-refractivity contribution >= 4 is 29.7 Å². The van der Waals surface area contributed by atoms with Gasteiger partial charge in [-0.3, -0.25) is 19.2 Å². The predicted molar refractivity (Wildman–Crippen MR) is 118 cm³/mol. The molecule has 2 rings (SSSR count). The lowest BCUT2D eigenvalue weighted by molar-refractivity contribution is -0.148. The minimum atomic E-state index is -1.63. The van der Waals surface area contributed by atoms with Gasteiger partial charge in [0, 0.05) is 24.9 Å². The molecule has 188 valence electrons. The van der Waals surface area contributed by atoms with Gasteiger partial charge in [0.05, 0.1) is 18.8 Å². The highest BCUT2D eigenvalue weighted by Gasteiger charge is 2.39. The number of aromatic nitrogens is 2. The van der Waals surface area contributed by atoms with Gasteiger partial charge in [-0.25, -0.2) is 9.78 Å². The van der Waals surface area contributed by atoms with Gasteiger partial charge in [-0.2, -0.15) is 0 Å². The quantitative estimate of drug-likeness (QED) is 0.213. The predicted octanol–water partition coefficient (Wildman–Crippen LogP) is -1.15. The van der Waals surface area contributed by atoms with Crippen molar-refractivity contribution in [2.24, 2.45) is 11.7 Å². The van der Waals surface area contributed by atoms with Crippen molar-refractivity contribution < 1.29 is 34.2 Å². The van der Waals surface area contributed by atoms with E-state index in [1.807, 2.05) is 13.8 Å². The molecule has 7 N–H and O–H groups in total. The molecule has 4 atom stereocenters. The standard InChI is InChI=1S/C21H32N6O7/c1-11(2)6-13(22)18(30)25-14(7-12-9-23-10-24-12)20(32)27-5-3-4-16(27)19(31)26-15(21(33)34)8-17(28)29/h9-11,13-16H,3-8,22H2,1-2H3,(H,23,24)(H,25,30)(H,26,31)(H,28,29)(H,33,34). The van der Waals surface area contributed by atoms with Crippen LogP contribution in [0.3, 0.4) is 0 Å². The topological polar surface area (TPSA) is 208 Å². The Morgan fingerprint density at radius 3 is 2.47 bits per heavy atom. The largest absolute Gasteiger partial charge is 0.481 e. The molecule has 2 heterocycles. The minimum absolute atomic E-state index is 0.0839. The molecule has 34 heavy (non-hydrogen) atoms. The number of carboxylic acids is 2. The first-order chi connectivity index (χ1) is 16.0. The summed E-state index contributed by atoms with van der Waals surface area (Å²) in [5.41, 5.74) is 6.55. The van der Waals surface area contributed by atoms with Crippen LogP contribution in [0.15, 0.2) is 12.5 Å². The molecule has 13 nitrogen and oxygen atoms in total. The van der Waals surface area contributed by atoms with E-state index in [0.29, 0.717) is 18.5 Å². The Morgan fingerprint density at radius 2 is 1.91 bits per heavy atom. The van der Waals surface area contributed by atoms with Gasteiger partial charge in [0.25, 0.3) is 0 Å². The highest BCUT2D eigenvalue weighted by Crippen LogP contribution is 2.20. The number of imidazole rings is 1. The number of amides is 3. The van der Waals surface area contributed by atoms with Crippen LogP contribution in [-0.2, 0) is 30.4 Å². The van der Waals surface area contributed by atoms with E-state index in [0.717, 1.165) is 0 Å². The van der Waals surface area contributed by atoms with Gasteiger partial charge in [-0.1, -0.05) is 13.8 Å². The minimum Gasteiger partial charge on any atom is -0.481 e. The van der Waals surface area contributed by atoms with E-state index >= 15 is 0 Å². The normalized spacial score (nSPS) is 18.2. The number of carboxylic acid groups (broad SMARTS) is 2. The van der Waals surface area contributed by atoms with Gasteiger partial charge >= 0.3 is 11.9 Å². The van der Waals surface area contributed by atoms with Crippen LogP contribution in [0, 0.1) is 5.92 Å². The van der Waals surface area contributed by atoms with E-state index in [9.17, 15) is 29.1 Å². The molecule has 0 aliphatic carbocycles. The SMILES string of the molecule is CC(C)CC(N)C(=O)NC(Cc1cnc[nH]1)C(=O)N1CCCC1C(=O)NC(CC(=O)O)C(=O)O. The smallest absolute Gasteiger partial charge is 0.326 e. The number of carbonyl (C=O) groups is 5. The van der Waals surface area contributed by atoms with Crippen molar-refractivity contribution in [1.82, 2.24) is 25.5 Å². The van der Waals surface area contributed by atoms with Crippen LogP contribution in [0.25, 0.3) is 0 Å². The summed E-state index contributed by atoms with van der Waals surface area (Å²) in [5, 5.41) is 23.0. The summed E-state index contributed by atoms with van der Waals surface area (Å²) in [6.07, 6.45) is 3.41. The van der Waals surface area contributed by atoms with Crippen molar-refractivity contribution in [1.29, 1.82) is 0 Å². The van der Waals surface area contributed by atoms with Crippen LogP contribution >= 0.6 is 0 Å². The highest BCUT2D eigenvalue weighted by molar-refractivity contribution is 5.95. The molecular formula is C21H32N6O7. The summed E-state index contributed by atoms with van der Waals surface area (Å²) < 4.78 is 0. The zero-order valence-electron chi connectivity index (χ0n) is 19.2. The molecule has 1 fully saturated rings. The maximum atomic E-state index is 13.4. The van der Waals surface area contributed by atoms with Crippen molar-refractivity contribution in [3.8, 4) is 0 Å². The monoisotopic (exact) mass is 480 g/mol. The first-order valence-electron chi connectivity index (χ1n) is 11.1. The van der Waals surface area contributed by atoms with Crippen molar-refractivity contribution in [2.75, 3.05) is 6.54 Å². The lowest BCUT2D eigenvalue weighted by Crippen LogP contribution is -2.57. The molecule has 3 amide bonds. The Bertz CT molecular complexity index is 888. The lowest BCUT2D eigenvalue weighted by Gasteiger charge is -2.30. The van der Waals surface area contributed by atoms with Crippen LogP contribution in [0.5, 0.6) is 0 Å². The second-order valence-electron chi connectivity index (χ2n) is 8.77. The Hall–Kier alpha value is -3.48. The van der Waals surface area contributed by atoms with Crippen LogP contribution in [0.2, 0.25) is 0 Å². The Labute approximate surface area is 196 Å². The number of nitrogens with two attached hydrogens (primary N) is 1. The van der Waals surface area contributed by atoms with Crippen LogP contribution < -0.4 is 16.4 Å². The fourth-order valence-corrected chi connectivity index (χ4v) is 3.86. The second-order valence-corrected chi connectivity index (χ2v) is 8.77. The molecular weight excluding hydrogens is 448 g/mol. The van der Waals surface area contributed by atoms with Gasteiger partial charge in [0.1, 0.15) is 18.1 Å². The summed E-state index contributed by atoms with van der Waals surface area (Å²) in [6, 6.07) is -4.47. The zero-order chi connectivity index (χ0) is 25.4. The Kier molecular flexibility index (Phi) is 9.54. The van der Waals surface area contributed by atoms with E-state index < -0.39 is 60.2 Å². The van der Waals surface area contributed by atoms with E-state index in [-0.39, 0.29) is 25.3 Å². The van der Waals surface area contributed by atoms with E-state index in [1.54, 1.807) is 0 Å². The Morgan fingerprint density at radius 1 is 1.21 bits per heavy atom. The number of nitrogens with zero attached hydrogens (tertiary/aromatic N) is 2. The second kappa shape index (κ2) is 12.1. The molecule has 0 spiro atoms. The molecule has 1 aromatic heterocycles. The molecule has 0 radical (unpaired) electrons. The van der Waals surface area contributed by atoms with Crippen molar-refractivity contribution in [3.05, 3.63) is 18.2 Å². The summed E-state index contributed by atoms with van der Waals surface area (Å²) in [6.45, 7) is 4.06. The van der Waals surface area contributed by atoms with Gasteiger partial charge < -0.3 is 36.5 Å².